The van der Waals surface area contributed by atoms with Crippen LogP contribution in [-0.4, -0.2) is 27.3 Å². The predicted molar refractivity (Wildman–Crippen MR) is 55.4 cm³/mol. The molecule has 2 aromatic rings. The van der Waals surface area contributed by atoms with Crippen molar-refractivity contribution in [2.24, 2.45) is 5.73 Å². The van der Waals surface area contributed by atoms with Gasteiger partial charge in [0.25, 0.3) is 0 Å². The highest BCUT2D eigenvalue weighted by atomic mass is 19.1. The van der Waals surface area contributed by atoms with E-state index in [0.717, 1.165) is 0 Å². The number of carbonyl (C=O) groups is 1. The first-order valence-electron chi connectivity index (χ1n) is 4.69. The lowest BCUT2D eigenvalue weighted by molar-refractivity contribution is -0.138. The van der Waals surface area contributed by atoms with Gasteiger partial charge in [-0.3, -0.25) is 9.89 Å². The first-order chi connectivity index (χ1) is 7.58. The number of aromatic amines is 1. The Bertz CT molecular complexity index is 538. The van der Waals surface area contributed by atoms with Crippen molar-refractivity contribution in [2.45, 2.75) is 12.5 Å². The lowest BCUT2D eigenvalue weighted by Crippen LogP contribution is -2.32. The smallest absolute Gasteiger partial charge is 0.320 e. The topological polar surface area (TPSA) is 92.0 Å². The third-order valence-corrected chi connectivity index (χ3v) is 2.34. The maximum Gasteiger partial charge on any atom is 0.320 e. The number of hydrogen-bond acceptors (Lipinski definition) is 3. The average Bonchev–Trinajstić information content (AvgIpc) is 2.60. The van der Waals surface area contributed by atoms with E-state index in [1.54, 1.807) is 6.07 Å². The number of halogens is 1. The maximum atomic E-state index is 12.9. The molecule has 0 saturated carbocycles. The number of nitrogens with two attached hydrogens (primary N) is 1. The number of carboxylic acid groups (broad SMARTS) is 1. The van der Waals surface area contributed by atoms with Crippen molar-refractivity contribution in [1.82, 2.24) is 10.2 Å². The summed E-state index contributed by atoms with van der Waals surface area (Å²) in [6.07, 6.45) is 0.136. The molecule has 1 unspecified atom stereocenters. The van der Waals surface area contributed by atoms with Crippen LogP contribution in [0.25, 0.3) is 10.9 Å². The van der Waals surface area contributed by atoms with Crippen LogP contribution in [0.15, 0.2) is 18.2 Å². The van der Waals surface area contributed by atoms with E-state index in [0.29, 0.717) is 16.6 Å². The van der Waals surface area contributed by atoms with Crippen LogP contribution in [0.1, 0.15) is 5.69 Å². The first kappa shape index (κ1) is 10.6. The summed E-state index contributed by atoms with van der Waals surface area (Å²) in [5, 5.41) is 15.9. The van der Waals surface area contributed by atoms with Crippen LogP contribution < -0.4 is 5.73 Å². The molecule has 0 radical (unpaired) electrons. The summed E-state index contributed by atoms with van der Waals surface area (Å²) in [4.78, 5) is 10.6. The summed E-state index contributed by atoms with van der Waals surface area (Å²) in [6.45, 7) is 0. The van der Waals surface area contributed by atoms with Gasteiger partial charge < -0.3 is 10.8 Å². The fourth-order valence-electron chi connectivity index (χ4n) is 1.50. The number of rotatable bonds is 3. The van der Waals surface area contributed by atoms with Crippen LogP contribution in [0, 0.1) is 5.82 Å². The molecule has 2 rings (SSSR count). The number of fused-ring (bicyclic) bond motifs is 1. The number of aromatic nitrogens is 2. The third-order valence-electron chi connectivity index (χ3n) is 2.34. The molecule has 0 saturated heterocycles. The van der Waals surface area contributed by atoms with Crippen LogP contribution in [0.4, 0.5) is 4.39 Å². The Morgan fingerprint density at radius 3 is 3.06 bits per heavy atom. The number of hydrogen-bond donors (Lipinski definition) is 3. The minimum atomic E-state index is -1.08. The number of nitrogens with one attached hydrogen (secondary N) is 1. The number of carboxylic acids is 1. The van der Waals surface area contributed by atoms with E-state index in [1.807, 2.05) is 0 Å². The van der Waals surface area contributed by atoms with Crippen molar-refractivity contribution in [3.63, 3.8) is 0 Å². The molecule has 5 nitrogen and oxygen atoms in total. The Labute approximate surface area is 90.1 Å². The molecule has 0 aliphatic rings. The molecule has 16 heavy (non-hydrogen) atoms. The van der Waals surface area contributed by atoms with Crippen molar-refractivity contribution >= 4 is 16.9 Å². The highest BCUT2D eigenvalue weighted by Gasteiger charge is 2.15. The third kappa shape index (κ3) is 1.87. The second kappa shape index (κ2) is 3.90. The van der Waals surface area contributed by atoms with E-state index in [-0.39, 0.29) is 12.2 Å². The summed E-state index contributed by atoms with van der Waals surface area (Å²) in [7, 11) is 0. The number of benzene rings is 1. The maximum absolute atomic E-state index is 12.9. The summed E-state index contributed by atoms with van der Waals surface area (Å²) in [5.74, 6) is -1.46. The van der Waals surface area contributed by atoms with Gasteiger partial charge >= 0.3 is 5.97 Å². The second-order valence-electron chi connectivity index (χ2n) is 3.51. The average molecular weight is 223 g/mol. The highest BCUT2D eigenvalue weighted by Crippen LogP contribution is 2.17. The van der Waals surface area contributed by atoms with Crippen LogP contribution in [0.3, 0.4) is 0 Å². The SMILES string of the molecule is NC(Cc1[nH]nc2cc(F)ccc12)C(=O)O. The van der Waals surface area contributed by atoms with E-state index >= 15 is 0 Å². The van der Waals surface area contributed by atoms with E-state index in [4.69, 9.17) is 10.8 Å². The molecule has 84 valence electrons. The fourth-order valence-corrected chi connectivity index (χ4v) is 1.50. The molecule has 1 aromatic heterocycles. The van der Waals surface area contributed by atoms with Gasteiger partial charge in [0.2, 0.25) is 0 Å². The van der Waals surface area contributed by atoms with Crippen molar-refractivity contribution < 1.29 is 14.3 Å². The summed E-state index contributed by atoms with van der Waals surface area (Å²) in [5.41, 5.74) is 6.47. The van der Waals surface area contributed by atoms with Crippen molar-refractivity contribution in [2.75, 3.05) is 0 Å². The highest BCUT2D eigenvalue weighted by molar-refractivity contribution is 5.82. The lowest BCUT2D eigenvalue weighted by Gasteiger charge is -2.03. The van der Waals surface area contributed by atoms with Gasteiger partial charge in [-0.2, -0.15) is 5.10 Å². The Morgan fingerprint density at radius 2 is 2.38 bits per heavy atom. The van der Waals surface area contributed by atoms with Gasteiger partial charge in [0.1, 0.15) is 11.9 Å². The molecular formula is C10H10FN3O2. The fraction of sp³-hybridized carbons (Fsp3) is 0.200. The molecule has 0 aliphatic carbocycles. The Kier molecular flexibility index (Phi) is 2.57. The zero-order valence-corrected chi connectivity index (χ0v) is 8.27. The lowest BCUT2D eigenvalue weighted by atomic mass is 10.1. The predicted octanol–water partition coefficient (Wildman–Crippen LogP) is 0.656. The van der Waals surface area contributed by atoms with Crippen LogP contribution in [0.5, 0.6) is 0 Å². The number of aliphatic carboxylic acids is 1. The minimum Gasteiger partial charge on any atom is -0.480 e. The molecule has 0 fully saturated rings. The van der Waals surface area contributed by atoms with Gasteiger partial charge in [-0.25, -0.2) is 4.39 Å². The number of H-pyrrole nitrogens is 1. The van der Waals surface area contributed by atoms with Crippen LogP contribution in [0.2, 0.25) is 0 Å². The van der Waals surface area contributed by atoms with Gasteiger partial charge in [-0.05, 0) is 12.1 Å². The summed E-state index contributed by atoms with van der Waals surface area (Å²) in [6, 6.07) is 3.14. The van der Waals surface area contributed by atoms with Crippen molar-refractivity contribution in [1.29, 1.82) is 0 Å². The Morgan fingerprint density at radius 1 is 1.62 bits per heavy atom. The largest absolute Gasteiger partial charge is 0.480 e. The Balaban J connectivity index is 2.35. The first-order valence-corrected chi connectivity index (χ1v) is 4.69. The zero-order valence-electron chi connectivity index (χ0n) is 8.27. The number of nitrogens with zero attached hydrogens (tertiary/aromatic N) is 1. The van der Waals surface area contributed by atoms with Gasteiger partial charge in [0, 0.05) is 23.6 Å². The molecule has 0 aliphatic heterocycles. The summed E-state index contributed by atoms with van der Waals surface area (Å²) >= 11 is 0. The Hall–Kier alpha value is -1.95. The molecule has 6 heteroatoms. The van der Waals surface area contributed by atoms with E-state index in [2.05, 4.69) is 10.2 Å². The quantitative estimate of drug-likeness (QED) is 0.712. The van der Waals surface area contributed by atoms with Gasteiger partial charge in [-0.15, -0.1) is 0 Å². The molecule has 0 amide bonds. The van der Waals surface area contributed by atoms with E-state index < -0.39 is 12.0 Å². The molecule has 1 heterocycles. The van der Waals surface area contributed by atoms with Gasteiger partial charge in [0.05, 0.1) is 5.52 Å². The van der Waals surface area contributed by atoms with E-state index in [9.17, 15) is 9.18 Å². The molecule has 1 atom stereocenters. The van der Waals surface area contributed by atoms with Gasteiger partial charge in [0.15, 0.2) is 0 Å². The van der Waals surface area contributed by atoms with Crippen molar-refractivity contribution in [3.8, 4) is 0 Å². The zero-order chi connectivity index (χ0) is 11.7. The molecule has 1 aromatic carbocycles. The van der Waals surface area contributed by atoms with Crippen LogP contribution in [-0.2, 0) is 11.2 Å². The molecule has 4 N–H and O–H groups in total. The summed E-state index contributed by atoms with van der Waals surface area (Å²) < 4.78 is 12.9. The second-order valence-corrected chi connectivity index (χ2v) is 3.51. The van der Waals surface area contributed by atoms with Gasteiger partial charge in [-0.1, -0.05) is 0 Å². The molecular weight excluding hydrogens is 213 g/mol. The standard InChI is InChI=1S/C10H10FN3O2/c11-5-1-2-6-8(3-5)13-14-9(6)4-7(12)10(15)16/h1-3,7H,4,12H2,(H,13,14)(H,15,16). The van der Waals surface area contributed by atoms with E-state index in [1.165, 1.54) is 12.1 Å². The minimum absolute atomic E-state index is 0.136. The van der Waals surface area contributed by atoms with Crippen molar-refractivity contribution in [3.05, 3.63) is 29.7 Å². The molecule has 0 bridgehead atoms. The van der Waals surface area contributed by atoms with Crippen LogP contribution >= 0.6 is 0 Å². The normalized spacial score (nSPS) is 12.9. The monoisotopic (exact) mass is 223 g/mol. The molecule has 0 spiro atoms.